The van der Waals surface area contributed by atoms with E-state index in [0.717, 1.165) is 0 Å². The van der Waals surface area contributed by atoms with E-state index >= 15 is 0 Å². The topological polar surface area (TPSA) is 96.0 Å². The molecule has 0 bridgehead atoms. The highest BCUT2D eigenvalue weighted by Gasteiger charge is 2.18. The van der Waals surface area contributed by atoms with Crippen LogP contribution in [0.1, 0.15) is 25.8 Å². The second-order valence-corrected chi connectivity index (χ2v) is 5.76. The number of nitrogens with zero attached hydrogens (tertiary/aromatic N) is 1. The number of rotatable bonds is 5. The highest BCUT2D eigenvalue weighted by atomic mass is 32.2. The molecule has 0 fully saturated rings. The van der Waals surface area contributed by atoms with Gasteiger partial charge in [0.1, 0.15) is 6.07 Å². The number of hydrogen-bond donors (Lipinski definition) is 2. The summed E-state index contributed by atoms with van der Waals surface area (Å²) in [5.74, 6) is -0.194. The molecule has 102 valence electrons. The van der Waals surface area contributed by atoms with Gasteiger partial charge in [-0.05, 0) is 24.5 Å². The molecule has 0 aliphatic rings. The van der Waals surface area contributed by atoms with Gasteiger partial charge in [-0.25, -0.2) is 4.21 Å². The maximum absolute atomic E-state index is 12.0. The van der Waals surface area contributed by atoms with E-state index in [-0.39, 0.29) is 16.4 Å². The van der Waals surface area contributed by atoms with Crippen LogP contribution in [-0.4, -0.2) is 16.2 Å². The standard InChI is InChI=1S/C13H17N3O2S/c1-9(2)7-11(15)13(17)16-19(18)12-6-4-3-5-10(12)8-14/h3-6,9,11H,7,15H2,1-2H3,(H,16,17). The first-order valence-corrected chi connectivity index (χ1v) is 7.07. The molecule has 0 aliphatic carbocycles. The summed E-state index contributed by atoms with van der Waals surface area (Å²) < 4.78 is 14.3. The summed E-state index contributed by atoms with van der Waals surface area (Å²) in [5.41, 5.74) is 5.98. The van der Waals surface area contributed by atoms with E-state index < -0.39 is 22.9 Å². The molecule has 0 aromatic heterocycles. The summed E-state index contributed by atoms with van der Waals surface area (Å²) in [6, 6.07) is 7.67. The van der Waals surface area contributed by atoms with E-state index in [9.17, 15) is 9.00 Å². The number of carbonyl (C=O) groups excluding carboxylic acids is 1. The Morgan fingerprint density at radius 3 is 2.68 bits per heavy atom. The summed E-state index contributed by atoms with van der Waals surface area (Å²) in [7, 11) is -1.76. The van der Waals surface area contributed by atoms with Crippen LogP contribution in [0.25, 0.3) is 0 Å². The van der Waals surface area contributed by atoms with Crippen LogP contribution >= 0.6 is 0 Å². The van der Waals surface area contributed by atoms with Gasteiger partial charge in [-0.1, -0.05) is 26.0 Å². The Labute approximate surface area is 115 Å². The lowest BCUT2D eigenvalue weighted by Crippen LogP contribution is -2.42. The highest BCUT2D eigenvalue weighted by molar-refractivity contribution is 7.83. The Morgan fingerprint density at radius 2 is 2.11 bits per heavy atom. The van der Waals surface area contributed by atoms with Crippen molar-refractivity contribution in [2.75, 3.05) is 0 Å². The zero-order chi connectivity index (χ0) is 14.4. The zero-order valence-corrected chi connectivity index (χ0v) is 11.7. The molecule has 19 heavy (non-hydrogen) atoms. The normalized spacial score (nSPS) is 13.6. The van der Waals surface area contributed by atoms with Crippen LogP contribution in [0, 0.1) is 17.2 Å². The minimum absolute atomic E-state index is 0.276. The lowest BCUT2D eigenvalue weighted by molar-refractivity contribution is -0.120. The lowest BCUT2D eigenvalue weighted by atomic mass is 10.0. The van der Waals surface area contributed by atoms with Crippen LogP contribution < -0.4 is 10.5 Å². The molecular formula is C13H17N3O2S. The lowest BCUT2D eigenvalue weighted by Gasteiger charge is -2.13. The molecular weight excluding hydrogens is 262 g/mol. The first-order chi connectivity index (χ1) is 8.95. The van der Waals surface area contributed by atoms with Crippen molar-refractivity contribution < 1.29 is 9.00 Å². The van der Waals surface area contributed by atoms with E-state index in [1.807, 2.05) is 19.9 Å². The van der Waals surface area contributed by atoms with Crippen LogP contribution in [0.5, 0.6) is 0 Å². The minimum atomic E-state index is -1.76. The molecule has 1 rings (SSSR count). The SMILES string of the molecule is CC(C)CC(N)C(=O)NS(=O)c1ccccc1C#N. The first-order valence-electron chi connectivity index (χ1n) is 5.92. The van der Waals surface area contributed by atoms with E-state index in [0.29, 0.717) is 6.42 Å². The summed E-state index contributed by atoms with van der Waals surface area (Å²) in [6.45, 7) is 3.91. The molecule has 0 heterocycles. The van der Waals surface area contributed by atoms with Crippen LogP contribution in [0.15, 0.2) is 29.2 Å². The fraction of sp³-hybridized carbons (Fsp3) is 0.385. The number of benzene rings is 1. The summed E-state index contributed by atoms with van der Waals surface area (Å²) in [6.07, 6.45) is 0.517. The monoisotopic (exact) mass is 279 g/mol. The predicted molar refractivity (Wildman–Crippen MR) is 73.1 cm³/mol. The summed E-state index contributed by atoms with van der Waals surface area (Å²) in [4.78, 5) is 12.0. The van der Waals surface area contributed by atoms with Gasteiger partial charge in [0.25, 0.3) is 0 Å². The van der Waals surface area contributed by atoms with Crippen LogP contribution in [0.2, 0.25) is 0 Å². The van der Waals surface area contributed by atoms with Gasteiger partial charge in [-0.2, -0.15) is 5.26 Å². The maximum atomic E-state index is 12.0. The Kier molecular flexibility index (Phi) is 5.67. The van der Waals surface area contributed by atoms with Crippen molar-refractivity contribution >= 4 is 16.9 Å². The molecule has 1 aromatic carbocycles. The molecule has 0 saturated carbocycles. The summed E-state index contributed by atoms with van der Waals surface area (Å²) >= 11 is 0. The van der Waals surface area contributed by atoms with Crippen molar-refractivity contribution in [1.82, 2.24) is 4.72 Å². The molecule has 0 aliphatic heterocycles. The molecule has 1 amide bonds. The number of carbonyl (C=O) groups is 1. The molecule has 3 N–H and O–H groups in total. The van der Waals surface area contributed by atoms with Gasteiger partial charge in [0, 0.05) is 0 Å². The van der Waals surface area contributed by atoms with E-state index in [1.54, 1.807) is 24.3 Å². The molecule has 1 aromatic rings. The molecule has 5 nitrogen and oxygen atoms in total. The minimum Gasteiger partial charge on any atom is -0.320 e. The van der Waals surface area contributed by atoms with Crippen LogP contribution in [0.4, 0.5) is 0 Å². The fourth-order valence-electron chi connectivity index (χ4n) is 1.56. The first kappa shape index (κ1) is 15.3. The number of nitrogens with two attached hydrogens (primary N) is 1. The molecule has 0 radical (unpaired) electrons. The molecule has 6 heteroatoms. The molecule has 2 unspecified atom stereocenters. The van der Waals surface area contributed by atoms with Crippen molar-refractivity contribution in [3.63, 3.8) is 0 Å². The molecule has 0 spiro atoms. The average molecular weight is 279 g/mol. The number of nitrogens with one attached hydrogen (secondary N) is 1. The van der Waals surface area contributed by atoms with E-state index in [2.05, 4.69) is 4.72 Å². The quantitative estimate of drug-likeness (QED) is 0.842. The van der Waals surface area contributed by atoms with Gasteiger partial charge in [0.05, 0.1) is 16.5 Å². The van der Waals surface area contributed by atoms with Gasteiger partial charge in [0.15, 0.2) is 11.0 Å². The second-order valence-electron chi connectivity index (χ2n) is 4.58. The number of amides is 1. The Morgan fingerprint density at radius 1 is 1.47 bits per heavy atom. The van der Waals surface area contributed by atoms with Crippen LogP contribution in [-0.2, 0) is 15.8 Å². The van der Waals surface area contributed by atoms with E-state index in [1.165, 1.54) is 0 Å². The zero-order valence-electron chi connectivity index (χ0n) is 10.9. The largest absolute Gasteiger partial charge is 0.320 e. The van der Waals surface area contributed by atoms with Gasteiger partial charge in [-0.3, -0.25) is 9.52 Å². The Hall–Kier alpha value is -1.71. The predicted octanol–water partition coefficient (Wildman–Crippen LogP) is 1.07. The van der Waals surface area contributed by atoms with Crippen molar-refractivity contribution in [3.8, 4) is 6.07 Å². The summed E-state index contributed by atoms with van der Waals surface area (Å²) in [5, 5.41) is 8.91. The van der Waals surface area contributed by atoms with E-state index in [4.69, 9.17) is 11.0 Å². The molecule has 0 saturated heterocycles. The van der Waals surface area contributed by atoms with Crippen molar-refractivity contribution in [2.24, 2.45) is 11.7 Å². The van der Waals surface area contributed by atoms with Gasteiger partial charge in [-0.15, -0.1) is 0 Å². The highest BCUT2D eigenvalue weighted by Crippen LogP contribution is 2.11. The van der Waals surface area contributed by atoms with Crippen molar-refractivity contribution in [1.29, 1.82) is 5.26 Å². The number of nitriles is 1. The van der Waals surface area contributed by atoms with Crippen molar-refractivity contribution in [2.45, 2.75) is 31.2 Å². The van der Waals surface area contributed by atoms with Crippen molar-refractivity contribution in [3.05, 3.63) is 29.8 Å². The maximum Gasteiger partial charge on any atom is 0.248 e. The third-order valence-corrected chi connectivity index (χ3v) is 3.60. The van der Waals surface area contributed by atoms with Crippen LogP contribution in [0.3, 0.4) is 0 Å². The Balaban J connectivity index is 2.75. The third-order valence-electron chi connectivity index (χ3n) is 2.46. The van der Waals surface area contributed by atoms with Gasteiger partial charge in [0.2, 0.25) is 5.91 Å². The van der Waals surface area contributed by atoms with Gasteiger partial charge >= 0.3 is 0 Å². The third kappa shape index (κ3) is 4.47. The smallest absolute Gasteiger partial charge is 0.248 e. The second kappa shape index (κ2) is 7.02. The average Bonchev–Trinajstić information content (AvgIpc) is 2.37. The Bertz CT molecular complexity index is 523. The molecule has 2 atom stereocenters. The van der Waals surface area contributed by atoms with Gasteiger partial charge < -0.3 is 5.73 Å². The number of hydrogen-bond acceptors (Lipinski definition) is 4. The fourth-order valence-corrected chi connectivity index (χ4v) is 2.52.